The van der Waals surface area contributed by atoms with Gasteiger partial charge in [-0.2, -0.15) is 0 Å². The van der Waals surface area contributed by atoms with Crippen LogP contribution in [-0.2, 0) is 0 Å². The van der Waals surface area contributed by atoms with Crippen LogP contribution >= 0.6 is 0 Å². The van der Waals surface area contributed by atoms with Crippen LogP contribution in [0.1, 0.15) is 50.7 Å². The van der Waals surface area contributed by atoms with Crippen molar-refractivity contribution in [2.45, 2.75) is 45.1 Å². The first-order chi connectivity index (χ1) is 8.06. The molecule has 0 spiro atoms. The largest absolute Gasteiger partial charge is 0.388 e. The number of hydrogen-bond acceptors (Lipinski definition) is 1. The summed E-state index contributed by atoms with van der Waals surface area (Å²) in [5.74, 6) is -3.02. The molecule has 0 aliphatic carbocycles. The SMILES string of the molecule is CCCCCCC(O)c1c(F)cc(F)cc1F. The van der Waals surface area contributed by atoms with Crippen LogP contribution in [0.3, 0.4) is 0 Å². The summed E-state index contributed by atoms with van der Waals surface area (Å²) >= 11 is 0. The Morgan fingerprint density at radius 2 is 1.65 bits per heavy atom. The van der Waals surface area contributed by atoms with Crippen molar-refractivity contribution in [2.24, 2.45) is 0 Å². The van der Waals surface area contributed by atoms with Crippen LogP contribution in [0.4, 0.5) is 13.2 Å². The van der Waals surface area contributed by atoms with Crippen molar-refractivity contribution in [3.8, 4) is 0 Å². The van der Waals surface area contributed by atoms with Crippen LogP contribution < -0.4 is 0 Å². The van der Waals surface area contributed by atoms with Crippen molar-refractivity contribution in [1.29, 1.82) is 0 Å². The van der Waals surface area contributed by atoms with Gasteiger partial charge in [0.25, 0.3) is 0 Å². The lowest BCUT2D eigenvalue weighted by Gasteiger charge is -2.12. The fraction of sp³-hybridized carbons (Fsp3) is 0.538. The number of rotatable bonds is 6. The zero-order valence-corrected chi connectivity index (χ0v) is 9.85. The summed E-state index contributed by atoms with van der Waals surface area (Å²) in [6.07, 6.45) is 2.78. The number of aliphatic hydroxyl groups excluding tert-OH is 1. The van der Waals surface area contributed by atoms with Crippen LogP contribution in [0, 0.1) is 17.5 Å². The lowest BCUT2D eigenvalue weighted by molar-refractivity contribution is 0.153. The van der Waals surface area contributed by atoms with Gasteiger partial charge in [-0.3, -0.25) is 0 Å². The fourth-order valence-electron chi connectivity index (χ4n) is 1.78. The van der Waals surface area contributed by atoms with Gasteiger partial charge in [0, 0.05) is 12.1 Å². The summed E-state index contributed by atoms with van der Waals surface area (Å²) in [7, 11) is 0. The molecule has 0 aliphatic rings. The molecule has 1 N–H and O–H groups in total. The van der Waals surface area contributed by atoms with Gasteiger partial charge in [0.2, 0.25) is 0 Å². The predicted molar refractivity (Wildman–Crippen MR) is 60.0 cm³/mol. The van der Waals surface area contributed by atoms with E-state index in [-0.39, 0.29) is 0 Å². The molecule has 0 saturated carbocycles. The summed E-state index contributed by atoms with van der Waals surface area (Å²) in [5, 5.41) is 9.67. The van der Waals surface area contributed by atoms with E-state index in [1.165, 1.54) is 0 Å². The zero-order valence-electron chi connectivity index (χ0n) is 9.85. The van der Waals surface area contributed by atoms with Gasteiger partial charge in [0.1, 0.15) is 17.5 Å². The van der Waals surface area contributed by atoms with Crippen LogP contribution in [0.5, 0.6) is 0 Å². The minimum Gasteiger partial charge on any atom is -0.388 e. The van der Waals surface area contributed by atoms with Gasteiger partial charge in [-0.15, -0.1) is 0 Å². The van der Waals surface area contributed by atoms with Gasteiger partial charge in [-0.1, -0.05) is 32.6 Å². The van der Waals surface area contributed by atoms with Gasteiger partial charge in [-0.05, 0) is 6.42 Å². The Morgan fingerprint density at radius 1 is 1.06 bits per heavy atom. The molecule has 96 valence electrons. The maximum Gasteiger partial charge on any atom is 0.134 e. The molecule has 1 aromatic rings. The number of benzene rings is 1. The molecule has 1 unspecified atom stereocenters. The molecular formula is C13H17F3O. The normalized spacial score (nSPS) is 12.8. The number of halogens is 3. The minimum absolute atomic E-state index is 0.291. The Morgan fingerprint density at radius 3 is 2.18 bits per heavy atom. The smallest absolute Gasteiger partial charge is 0.134 e. The highest BCUT2D eigenvalue weighted by Gasteiger charge is 2.18. The fourth-order valence-corrected chi connectivity index (χ4v) is 1.78. The van der Waals surface area contributed by atoms with Gasteiger partial charge < -0.3 is 5.11 Å². The van der Waals surface area contributed by atoms with Crippen LogP contribution in [0.15, 0.2) is 12.1 Å². The van der Waals surface area contributed by atoms with Crippen molar-refractivity contribution >= 4 is 0 Å². The van der Waals surface area contributed by atoms with E-state index in [0.717, 1.165) is 19.3 Å². The van der Waals surface area contributed by atoms with Crippen LogP contribution in [0.2, 0.25) is 0 Å². The average molecular weight is 246 g/mol. The minimum atomic E-state index is -1.20. The molecule has 0 amide bonds. The van der Waals surface area contributed by atoms with Crippen molar-refractivity contribution in [3.63, 3.8) is 0 Å². The molecule has 0 bridgehead atoms. The van der Waals surface area contributed by atoms with E-state index in [4.69, 9.17) is 0 Å². The molecule has 1 atom stereocenters. The number of unbranched alkanes of at least 4 members (excludes halogenated alkanes) is 3. The first kappa shape index (κ1) is 14.0. The Hall–Kier alpha value is -1.03. The first-order valence-corrected chi connectivity index (χ1v) is 5.88. The van der Waals surface area contributed by atoms with Gasteiger partial charge in [-0.25, -0.2) is 13.2 Å². The standard InChI is InChI=1S/C13H17F3O/c1-2-3-4-5-6-12(17)13-10(15)7-9(14)8-11(13)16/h7-8,12,17H,2-6H2,1H3. The summed E-state index contributed by atoms with van der Waals surface area (Å²) in [6, 6.07) is 1.18. The van der Waals surface area contributed by atoms with E-state index in [9.17, 15) is 18.3 Å². The third-order valence-electron chi connectivity index (χ3n) is 2.71. The highest BCUT2D eigenvalue weighted by molar-refractivity contribution is 5.22. The highest BCUT2D eigenvalue weighted by atomic mass is 19.1. The number of hydrogen-bond donors (Lipinski definition) is 1. The van der Waals surface area contributed by atoms with Crippen molar-refractivity contribution in [2.75, 3.05) is 0 Å². The summed E-state index contributed by atoms with van der Waals surface area (Å²) in [5.41, 5.74) is -0.428. The maximum absolute atomic E-state index is 13.3. The van der Waals surface area contributed by atoms with E-state index in [2.05, 4.69) is 6.92 Å². The molecule has 0 radical (unpaired) electrons. The van der Waals surface area contributed by atoms with Crippen molar-refractivity contribution in [1.82, 2.24) is 0 Å². The Balaban J connectivity index is 2.65. The van der Waals surface area contributed by atoms with Gasteiger partial charge in [0.05, 0.1) is 11.7 Å². The van der Waals surface area contributed by atoms with Gasteiger partial charge >= 0.3 is 0 Å². The Labute approximate surface area is 99.3 Å². The lowest BCUT2D eigenvalue weighted by Crippen LogP contribution is -2.05. The first-order valence-electron chi connectivity index (χ1n) is 5.88. The molecule has 17 heavy (non-hydrogen) atoms. The molecule has 0 aliphatic heterocycles. The van der Waals surface area contributed by atoms with Crippen LogP contribution in [0.25, 0.3) is 0 Å². The molecule has 1 rings (SSSR count). The van der Waals surface area contributed by atoms with Crippen molar-refractivity contribution < 1.29 is 18.3 Å². The topological polar surface area (TPSA) is 20.2 Å². The van der Waals surface area contributed by atoms with Gasteiger partial charge in [0.15, 0.2) is 0 Å². The Bertz CT molecular complexity index is 343. The van der Waals surface area contributed by atoms with E-state index in [1.54, 1.807) is 0 Å². The Kier molecular flexibility index (Phi) is 5.48. The maximum atomic E-state index is 13.3. The second-order valence-electron chi connectivity index (χ2n) is 4.15. The van der Waals surface area contributed by atoms with Crippen LogP contribution in [-0.4, -0.2) is 5.11 Å². The molecular weight excluding hydrogens is 229 g/mol. The molecule has 1 aromatic carbocycles. The molecule has 0 aromatic heterocycles. The third-order valence-corrected chi connectivity index (χ3v) is 2.71. The third kappa shape index (κ3) is 4.04. The van der Waals surface area contributed by atoms with E-state index < -0.39 is 29.1 Å². The molecule has 0 saturated heterocycles. The van der Waals surface area contributed by atoms with Crippen molar-refractivity contribution in [3.05, 3.63) is 35.1 Å². The highest BCUT2D eigenvalue weighted by Crippen LogP contribution is 2.26. The summed E-state index contributed by atoms with van der Waals surface area (Å²) in [4.78, 5) is 0. The van der Waals surface area contributed by atoms with E-state index >= 15 is 0 Å². The quantitative estimate of drug-likeness (QED) is 0.749. The number of aliphatic hydroxyl groups is 1. The second kappa shape index (κ2) is 6.64. The zero-order chi connectivity index (χ0) is 12.8. The molecule has 0 heterocycles. The average Bonchev–Trinajstić information content (AvgIpc) is 2.23. The summed E-state index contributed by atoms with van der Waals surface area (Å²) < 4.78 is 39.3. The lowest BCUT2D eigenvalue weighted by atomic mass is 10.0. The van der Waals surface area contributed by atoms with E-state index in [0.29, 0.717) is 25.0 Å². The predicted octanol–water partition coefficient (Wildman–Crippen LogP) is 4.11. The second-order valence-corrected chi connectivity index (χ2v) is 4.15. The molecule has 1 nitrogen and oxygen atoms in total. The molecule has 0 fully saturated rings. The summed E-state index contributed by atoms with van der Waals surface area (Å²) in [6.45, 7) is 2.05. The van der Waals surface area contributed by atoms with E-state index in [1.807, 2.05) is 0 Å². The molecule has 4 heteroatoms. The monoisotopic (exact) mass is 246 g/mol.